The molecule has 5 nitrogen and oxygen atoms in total. The van der Waals surface area contributed by atoms with Crippen LogP contribution in [0.1, 0.15) is 25.2 Å². The molecule has 0 fully saturated rings. The molecule has 2 aromatic rings. The molecule has 0 spiro atoms. The number of hydrogen-bond donors (Lipinski definition) is 3. The monoisotopic (exact) mass is 393 g/mol. The van der Waals surface area contributed by atoms with E-state index in [0.29, 0.717) is 12.5 Å². The lowest BCUT2D eigenvalue weighted by molar-refractivity contribution is 0.0672. The zero-order chi connectivity index (χ0) is 17.4. The van der Waals surface area contributed by atoms with E-state index in [1.54, 1.807) is 6.92 Å². The van der Waals surface area contributed by atoms with Crippen LogP contribution in [-0.4, -0.2) is 30.7 Å². The van der Waals surface area contributed by atoms with Crippen LogP contribution in [0.5, 0.6) is 0 Å². The Hall–Kier alpha value is -1.79. The molecule has 0 aliphatic rings. The summed E-state index contributed by atoms with van der Waals surface area (Å²) < 4.78 is 6.21. The van der Waals surface area contributed by atoms with E-state index >= 15 is 0 Å². The quantitative estimate of drug-likeness (QED) is 0.499. The van der Waals surface area contributed by atoms with Gasteiger partial charge in [0.05, 0.1) is 6.54 Å². The van der Waals surface area contributed by atoms with Gasteiger partial charge in [-0.1, -0.05) is 30.3 Å². The predicted octanol–water partition coefficient (Wildman–Crippen LogP) is 3.05. The van der Waals surface area contributed by atoms with Crippen molar-refractivity contribution in [1.82, 2.24) is 10.6 Å². The molecule has 0 aliphatic carbocycles. The summed E-state index contributed by atoms with van der Waals surface area (Å²) in [6, 6.07) is 13.4. The highest BCUT2D eigenvalue weighted by molar-refractivity contribution is 9.10. The average molecular weight is 394 g/mol. The van der Waals surface area contributed by atoms with E-state index in [2.05, 4.69) is 31.6 Å². The van der Waals surface area contributed by atoms with Gasteiger partial charge in [0, 0.05) is 19.5 Å². The second-order valence-electron chi connectivity index (χ2n) is 5.72. The fraction of sp³-hybridized carbons (Fsp3) is 0.389. The summed E-state index contributed by atoms with van der Waals surface area (Å²) >= 11 is 3.30. The molecule has 24 heavy (non-hydrogen) atoms. The highest BCUT2D eigenvalue weighted by atomic mass is 79.9. The van der Waals surface area contributed by atoms with Crippen LogP contribution in [0.15, 0.2) is 56.5 Å². The van der Waals surface area contributed by atoms with Crippen LogP contribution in [0, 0.1) is 0 Å². The summed E-state index contributed by atoms with van der Waals surface area (Å²) in [5, 5.41) is 17.1. The summed E-state index contributed by atoms with van der Waals surface area (Å²) in [5.74, 6) is 1.58. The van der Waals surface area contributed by atoms with Crippen molar-refractivity contribution in [1.29, 1.82) is 0 Å². The van der Waals surface area contributed by atoms with Gasteiger partial charge in [0.25, 0.3) is 0 Å². The van der Waals surface area contributed by atoms with Gasteiger partial charge in [0.1, 0.15) is 11.4 Å². The second-order valence-corrected chi connectivity index (χ2v) is 6.50. The third kappa shape index (κ3) is 5.69. The number of hydrogen-bond acceptors (Lipinski definition) is 3. The Balaban J connectivity index is 1.92. The molecule has 6 heteroatoms. The lowest BCUT2D eigenvalue weighted by Crippen LogP contribution is -2.39. The van der Waals surface area contributed by atoms with Gasteiger partial charge in [0.2, 0.25) is 0 Å². The maximum Gasteiger partial charge on any atom is 0.191 e. The lowest BCUT2D eigenvalue weighted by atomic mass is 9.96. The molecule has 1 unspecified atom stereocenters. The van der Waals surface area contributed by atoms with Crippen molar-refractivity contribution in [2.24, 2.45) is 4.99 Å². The average Bonchev–Trinajstić information content (AvgIpc) is 2.99. The van der Waals surface area contributed by atoms with E-state index in [4.69, 9.17) is 4.42 Å². The number of halogens is 1. The largest absolute Gasteiger partial charge is 0.454 e. The van der Waals surface area contributed by atoms with Crippen molar-refractivity contribution in [3.8, 4) is 0 Å². The maximum atomic E-state index is 10.6. The third-order valence-electron chi connectivity index (χ3n) is 3.58. The standard InChI is InChI=1S/C18H24BrN3O2/c1-3-20-17(21-12-11-15-9-10-16(19)24-15)22-13-18(2,23)14-7-5-4-6-8-14/h4-10,23H,3,11-13H2,1-2H3,(H2,20,21,22). The molecule has 1 heterocycles. The minimum absolute atomic E-state index is 0.276. The minimum Gasteiger partial charge on any atom is -0.454 e. The van der Waals surface area contributed by atoms with Gasteiger partial charge in [-0.15, -0.1) is 0 Å². The Morgan fingerprint density at radius 2 is 1.96 bits per heavy atom. The first kappa shape index (κ1) is 18.5. The van der Waals surface area contributed by atoms with Crippen LogP contribution >= 0.6 is 15.9 Å². The number of aliphatic imine (C=N–C) groups is 1. The van der Waals surface area contributed by atoms with Gasteiger partial charge in [-0.05, 0) is 47.5 Å². The molecule has 2 rings (SSSR count). The van der Waals surface area contributed by atoms with E-state index in [-0.39, 0.29) is 6.54 Å². The molecule has 3 N–H and O–H groups in total. The van der Waals surface area contributed by atoms with Gasteiger partial charge in [-0.25, -0.2) is 4.99 Å². The Kier molecular flexibility index (Phi) is 6.87. The van der Waals surface area contributed by atoms with Crippen LogP contribution < -0.4 is 10.6 Å². The summed E-state index contributed by atoms with van der Waals surface area (Å²) in [5.41, 5.74) is -0.153. The zero-order valence-electron chi connectivity index (χ0n) is 14.1. The van der Waals surface area contributed by atoms with Gasteiger partial charge >= 0.3 is 0 Å². The van der Waals surface area contributed by atoms with E-state index < -0.39 is 5.60 Å². The van der Waals surface area contributed by atoms with Crippen molar-refractivity contribution in [2.75, 3.05) is 19.6 Å². The van der Waals surface area contributed by atoms with Crippen molar-refractivity contribution >= 4 is 21.9 Å². The van der Waals surface area contributed by atoms with Crippen LogP contribution in [0.4, 0.5) is 0 Å². The molecule has 0 amide bonds. The van der Waals surface area contributed by atoms with E-state index in [1.165, 1.54) is 0 Å². The smallest absolute Gasteiger partial charge is 0.191 e. The number of guanidine groups is 1. The van der Waals surface area contributed by atoms with Crippen molar-refractivity contribution < 1.29 is 9.52 Å². The molecule has 0 bridgehead atoms. The van der Waals surface area contributed by atoms with Crippen molar-refractivity contribution in [3.05, 3.63) is 58.5 Å². The van der Waals surface area contributed by atoms with Gasteiger partial charge < -0.3 is 20.2 Å². The molecular formula is C18H24BrN3O2. The summed E-state index contributed by atoms with van der Waals surface area (Å²) in [6.07, 6.45) is 0.755. The van der Waals surface area contributed by atoms with E-state index in [0.717, 1.165) is 29.0 Å². The fourth-order valence-corrected chi connectivity index (χ4v) is 2.59. The first-order valence-corrected chi connectivity index (χ1v) is 8.85. The maximum absolute atomic E-state index is 10.6. The Morgan fingerprint density at radius 1 is 1.21 bits per heavy atom. The topological polar surface area (TPSA) is 69.8 Å². The van der Waals surface area contributed by atoms with Crippen LogP contribution in [-0.2, 0) is 12.0 Å². The number of rotatable bonds is 7. The minimum atomic E-state index is -1.00. The number of benzene rings is 1. The Morgan fingerprint density at radius 3 is 2.58 bits per heavy atom. The number of aliphatic hydroxyl groups is 1. The van der Waals surface area contributed by atoms with Crippen LogP contribution in [0.2, 0.25) is 0 Å². The molecule has 1 atom stereocenters. The number of furan rings is 1. The first-order chi connectivity index (χ1) is 11.5. The second kappa shape index (κ2) is 8.89. The van der Waals surface area contributed by atoms with Crippen LogP contribution in [0.3, 0.4) is 0 Å². The summed E-state index contributed by atoms with van der Waals surface area (Å²) in [6.45, 7) is 5.51. The molecule has 0 saturated heterocycles. The molecule has 1 aromatic heterocycles. The van der Waals surface area contributed by atoms with Crippen LogP contribution in [0.25, 0.3) is 0 Å². The highest BCUT2D eigenvalue weighted by Crippen LogP contribution is 2.20. The molecular weight excluding hydrogens is 370 g/mol. The van der Waals surface area contributed by atoms with Crippen molar-refractivity contribution in [2.45, 2.75) is 25.9 Å². The Bertz CT molecular complexity index is 653. The Labute approximate surface area is 151 Å². The normalized spacial score (nSPS) is 14.2. The molecule has 0 saturated carbocycles. The third-order valence-corrected chi connectivity index (χ3v) is 4.00. The van der Waals surface area contributed by atoms with E-state index in [9.17, 15) is 5.11 Å². The van der Waals surface area contributed by atoms with Gasteiger partial charge in [0.15, 0.2) is 10.6 Å². The highest BCUT2D eigenvalue weighted by Gasteiger charge is 2.22. The molecule has 0 radical (unpaired) electrons. The molecule has 130 valence electrons. The van der Waals surface area contributed by atoms with Crippen molar-refractivity contribution in [3.63, 3.8) is 0 Å². The summed E-state index contributed by atoms with van der Waals surface area (Å²) in [7, 11) is 0. The number of nitrogens with zero attached hydrogens (tertiary/aromatic N) is 1. The molecule has 0 aliphatic heterocycles. The van der Waals surface area contributed by atoms with Gasteiger partial charge in [-0.2, -0.15) is 0 Å². The zero-order valence-corrected chi connectivity index (χ0v) is 15.6. The SMILES string of the molecule is CCNC(=NCC(C)(O)c1ccccc1)NCCc1ccc(Br)o1. The van der Waals surface area contributed by atoms with Gasteiger partial charge in [-0.3, -0.25) is 0 Å². The van der Waals surface area contributed by atoms with E-state index in [1.807, 2.05) is 49.4 Å². The lowest BCUT2D eigenvalue weighted by Gasteiger charge is -2.22. The first-order valence-electron chi connectivity index (χ1n) is 8.05. The molecule has 1 aromatic carbocycles. The number of nitrogens with one attached hydrogen (secondary N) is 2. The fourth-order valence-electron chi connectivity index (χ4n) is 2.25. The predicted molar refractivity (Wildman–Crippen MR) is 100 cm³/mol. The summed E-state index contributed by atoms with van der Waals surface area (Å²) in [4.78, 5) is 4.50.